The summed E-state index contributed by atoms with van der Waals surface area (Å²) in [7, 11) is 0. The topological polar surface area (TPSA) is 57.7 Å². The average Bonchev–Trinajstić information content (AvgIpc) is 2.74. The Labute approximate surface area is 118 Å². The fourth-order valence-electron chi connectivity index (χ4n) is 3.40. The van der Waals surface area contributed by atoms with Crippen LogP contribution in [0.15, 0.2) is 12.2 Å². The van der Waals surface area contributed by atoms with Crippen LogP contribution in [-0.2, 0) is 14.4 Å². The van der Waals surface area contributed by atoms with Crippen LogP contribution in [0.5, 0.6) is 0 Å². The molecule has 2 heterocycles. The van der Waals surface area contributed by atoms with Crippen molar-refractivity contribution in [1.29, 1.82) is 0 Å². The second kappa shape index (κ2) is 5.38. The van der Waals surface area contributed by atoms with E-state index in [9.17, 15) is 14.4 Å². The summed E-state index contributed by atoms with van der Waals surface area (Å²) in [6.45, 7) is 1.44. The van der Waals surface area contributed by atoms with Gasteiger partial charge in [-0.2, -0.15) is 0 Å². The summed E-state index contributed by atoms with van der Waals surface area (Å²) >= 11 is 0. The quantitative estimate of drug-likeness (QED) is 0.557. The number of hydrogen-bond donors (Lipinski definition) is 0. The zero-order chi connectivity index (χ0) is 14.1. The van der Waals surface area contributed by atoms with Crippen LogP contribution in [0.1, 0.15) is 32.1 Å². The van der Waals surface area contributed by atoms with Gasteiger partial charge >= 0.3 is 0 Å². The zero-order valence-corrected chi connectivity index (χ0v) is 11.6. The van der Waals surface area contributed by atoms with Gasteiger partial charge in [0, 0.05) is 13.1 Å². The maximum Gasteiger partial charge on any atom is 0.242 e. The molecule has 5 heteroatoms. The molecule has 5 nitrogen and oxygen atoms in total. The number of piperidine rings is 1. The number of carbonyl (C=O) groups is 3. The molecule has 0 aromatic heterocycles. The normalized spacial score (nSPS) is 29.8. The average molecular weight is 276 g/mol. The number of carbonyl (C=O) groups excluding carboxylic acids is 3. The van der Waals surface area contributed by atoms with Crippen molar-refractivity contribution in [2.75, 3.05) is 19.6 Å². The standard InChI is InChI=1S/C15H20N2O3/c18-13(16-8-4-1-5-9-16)10-17-14(19)11-6-2-3-7-12(11)15(17)20/h2-3,11-12H,1,4-10H2. The van der Waals surface area contributed by atoms with Crippen LogP contribution < -0.4 is 0 Å². The number of rotatable bonds is 2. The van der Waals surface area contributed by atoms with E-state index in [1.165, 1.54) is 4.90 Å². The lowest BCUT2D eigenvalue weighted by Gasteiger charge is -2.28. The summed E-state index contributed by atoms with van der Waals surface area (Å²) < 4.78 is 0. The van der Waals surface area contributed by atoms with Gasteiger partial charge in [-0.15, -0.1) is 0 Å². The third-order valence-corrected chi connectivity index (χ3v) is 4.60. The van der Waals surface area contributed by atoms with Crippen molar-refractivity contribution >= 4 is 17.7 Å². The van der Waals surface area contributed by atoms with Gasteiger partial charge in [0.1, 0.15) is 6.54 Å². The highest BCUT2D eigenvalue weighted by atomic mass is 16.2. The van der Waals surface area contributed by atoms with E-state index in [-0.39, 0.29) is 36.1 Å². The molecule has 20 heavy (non-hydrogen) atoms. The molecule has 2 fully saturated rings. The van der Waals surface area contributed by atoms with Crippen LogP contribution in [0.3, 0.4) is 0 Å². The monoisotopic (exact) mass is 276 g/mol. The highest BCUT2D eigenvalue weighted by Gasteiger charge is 2.47. The molecule has 0 bridgehead atoms. The number of nitrogens with zero attached hydrogens (tertiary/aromatic N) is 2. The fourth-order valence-corrected chi connectivity index (χ4v) is 3.40. The van der Waals surface area contributed by atoms with Crippen LogP contribution in [0.4, 0.5) is 0 Å². The largest absolute Gasteiger partial charge is 0.341 e. The van der Waals surface area contributed by atoms with E-state index in [1.807, 2.05) is 12.2 Å². The molecule has 2 atom stereocenters. The number of imide groups is 1. The number of allylic oxidation sites excluding steroid dienone is 2. The van der Waals surface area contributed by atoms with Gasteiger partial charge in [-0.3, -0.25) is 19.3 Å². The summed E-state index contributed by atoms with van der Waals surface area (Å²) in [5.41, 5.74) is 0. The SMILES string of the molecule is O=C(CN1C(=O)C2CC=CCC2C1=O)N1CCCCC1. The molecule has 2 saturated heterocycles. The Hall–Kier alpha value is -1.65. The van der Waals surface area contributed by atoms with Crippen molar-refractivity contribution in [2.45, 2.75) is 32.1 Å². The number of amides is 3. The maximum atomic E-state index is 12.3. The fraction of sp³-hybridized carbons (Fsp3) is 0.667. The summed E-state index contributed by atoms with van der Waals surface area (Å²) in [5.74, 6) is -0.870. The minimum Gasteiger partial charge on any atom is -0.341 e. The van der Waals surface area contributed by atoms with Crippen LogP contribution in [0.2, 0.25) is 0 Å². The second-order valence-corrected chi connectivity index (χ2v) is 5.86. The molecule has 0 spiro atoms. The van der Waals surface area contributed by atoms with E-state index in [2.05, 4.69) is 0 Å². The van der Waals surface area contributed by atoms with Crippen LogP contribution in [-0.4, -0.2) is 47.2 Å². The van der Waals surface area contributed by atoms with Crippen molar-refractivity contribution in [3.63, 3.8) is 0 Å². The molecule has 3 rings (SSSR count). The van der Waals surface area contributed by atoms with E-state index < -0.39 is 0 Å². The van der Waals surface area contributed by atoms with Crippen LogP contribution in [0, 0.1) is 11.8 Å². The first-order valence-electron chi connectivity index (χ1n) is 7.46. The molecule has 0 aromatic carbocycles. The van der Waals surface area contributed by atoms with E-state index in [0.717, 1.165) is 32.4 Å². The highest BCUT2D eigenvalue weighted by Crippen LogP contribution is 2.34. The molecule has 2 unspecified atom stereocenters. The molecular formula is C15H20N2O3. The summed E-state index contributed by atoms with van der Waals surface area (Å²) in [6.07, 6.45) is 8.37. The van der Waals surface area contributed by atoms with E-state index in [4.69, 9.17) is 0 Å². The number of fused-ring (bicyclic) bond motifs is 1. The molecule has 3 aliphatic rings. The van der Waals surface area contributed by atoms with Crippen molar-refractivity contribution in [3.05, 3.63) is 12.2 Å². The molecule has 2 aliphatic heterocycles. The minimum absolute atomic E-state index is 0.0648. The molecule has 0 saturated carbocycles. The Morgan fingerprint density at radius 2 is 1.55 bits per heavy atom. The molecule has 1 aliphatic carbocycles. The molecule has 0 radical (unpaired) electrons. The first-order valence-corrected chi connectivity index (χ1v) is 7.46. The van der Waals surface area contributed by atoms with Crippen LogP contribution in [0.25, 0.3) is 0 Å². The lowest BCUT2D eigenvalue weighted by atomic mass is 9.85. The van der Waals surface area contributed by atoms with Gasteiger partial charge in [0.2, 0.25) is 17.7 Å². The van der Waals surface area contributed by atoms with E-state index in [1.54, 1.807) is 4.90 Å². The van der Waals surface area contributed by atoms with Crippen molar-refractivity contribution < 1.29 is 14.4 Å². The summed E-state index contributed by atoms with van der Waals surface area (Å²) in [6, 6.07) is 0. The number of likely N-dealkylation sites (tertiary alicyclic amines) is 2. The van der Waals surface area contributed by atoms with Gasteiger partial charge in [-0.05, 0) is 32.1 Å². The molecule has 108 valence electrons. The third-order valence-electron chi connectivity index (χ3n) is 4.60. The van der Waals surface area contributed by atoms with Gasteiger partial charge in [0.15, 0.2) is 0 Å². The Bertz CT molecular complexity index is 440. The molecule has 0 aromatic rings. The van der Waals surface area contributed by atoms with Gasteiger partial charge < -0.3 is 4.90 Å². The smallest absolute Gasteiger partial charge is 0.242 e. The first-order chi connectivity index (χ1) is 9.68. The maximum absolute atomic E-state index is 12.3. The lowest BCUT2D eigenvalue weighted by Crippen LogP contribution is -2.44. The van der Waals surface area contributed by atoms with Gasteiger partial charge in [-0.25, -0.2) is 0 Å². The highest BCUT2D eigenvalue weighted by molar-refractivity contribution is 6.07. The van der Waals surface area contributed by atoms with Gasteiger partial charge in [0.25, 0.3) is 0 Å². The van der Waals surface area contributed by atoms with Gasteiger partial charge in [0.05, 0.1) is 11.8 Å². The third kappa shape index (κ3) is 2.25. The Morgan fingerprint density at radius 1 is 1.00 bits per heavy atom. The number of hydrogen-bond acceptors (Lipinski definition) is 3. The second-order valence-electron chi connectivity index (χ2n) is 5.86. The molecule has 3 amide bonds. The van der Waals surface area contributed by atoms with Crippen LogP contribution >= 0.6 is 0 Å². The van der Waals surface area contributed by atoms with Crippen molar-refractivity contribution in [2.24, 2.45) is 11.8 Å². The minimum atomic E-state index is -0.235. The first kappa shape index (κ1) is 13.3. The predicted molar refractivity (Wildman–Crippen MR) is 72.5 cm³/mol. The van der Waals surface area contributed by atoms with Gasteiger partial charge in [-0.1, -0.05) is 12.2 Å². The van der Waals surface area contributed by atoms with Crippen molar-refractivity contribution in [1.82, 2.24) is 9.80 Å². The van der Waals surface area contributed by atoms with E-state index in [0.29, 0.717) is 12.8 Å². The predicted octanol–water partition coefficient (Wildman–Crippen LogP) is 0.950. The zero-order valence-electron chi connectivity index (χ0n) is 11.6. The van der Waals surface area contributed by atoms with Crippen molar-refractivity contribution in [3.8, 4) is 0 Å². The summed E-state index contributed by atoms with van der Waals surface area (Å²) in [4.78, 5) is 39.7. The Balaban J connectivity index is 1.66. The lowest BCUT2D eigenvalue weighted by molar-refractivity contribution is -0.146. The van der Waals surface area contributed by atoms with E-state index >= 15 is 0 Å². The summed E-state index contributed by atoms with van der Waals surface area (Å²) in [5, 5.41) is 0. The Kier molecular flexibility index (Phi) is 3.59. The molecule has 0 N–H and O–H groups in total. The molecular weight excluding hydrogens is 256 g/mol. The Morgan fingerprint density at radius 3 is 2.10 bits per heavy atom.